The molecule has 2 aromatic heterocycles. The second kappa shape index (κ2) is 8.02. The summed E-state index contributed by atoms with van der Waals surface area (Å²) in [6, 6.07) is 11.8. The molecule has 0 amide bonds. The Morgan fingerprint density at radius 1 is 1.00 bits per heavy atom. The van der Waals surface area contributed by atoms with Crippen LogP contribution in [0.3, 0.4) is 0 Å². The number of benzene rings is 1. The number of piperidine rings is 1. The van der Waals surface area contributed by atoms with E-state index in [1.807, 2.05) is 36.4 Å². The molecule has 26 heavy (non-hydrogen) atoms. The highest BCUT2D eigenvalue weighted by atomic mass is 35.5. The molecule has 0 N–H and O–H groups in total. The monoisotopic (exact) mass is 367 g/mol. The fourth-order valence-electron chi connectivity index (χ4n) is 3.49. The molecule has 1 aliphatic heterocycles. The first-order valence-electron chi connectivity index (χ1n) is 9.12. The highest BCUT2D eigenvalue weighted by Gasteiger charge is 2.18. The molecule has 0 unspecified atom stereocenters. The standard InChI is InChI=1S/C21H22ClN3O/c22-19-13-16(14-25-11-4-1-5-12-25)21(20-18(19)8-6-10-24-20)26-15-17-7-2-3-9-23-17/h2-3,6-10,13H,1,4-5,11-12,14-15H2. The van der Waals surface area contributed by atoms with Crippen molar-refractivity contribution in [1.82, 2.24) is 14.9 Å². The Kier molecular flexibility index (Phi) is 5.32. The van der Waals surface area contributed by atoms with Gasteiger partial charge in [-0.25, -0.2) is 0 Å². The van der Waals surface area contributed by atoms with Gasteiger partial charge >= 0.3 is 0 Å². The first-order chi connectivity index (χ1) is 12.8. The molecule has 134 valence electrons. The van der Waals surface area contributed by atoms with Crippen LogP contribution in [0.25, 0.3) is 10.9 Å². The summed E-state index contributed by atoms with van der Waals surface area (Å²) in [5.41, 5.74) is 2.82. The van der Waals surface area contributed by atoms with Gasteiger partial charge in [0.25, 0.3) is 0 Å². The number of hydrogen-bond donors (Lipinski definition) is 0. The average Bonchev–Trinajstić information content (AvgIpc) is 2.69. The highest BCUT2D eigenvalue weighted by molar-refractivity contribution is 6.35. The van der Waals surface area contributed by atoms with Crippen LogP contribution in [-0.2, 0) is 13.2 Å². The van der Waals surface area contributed by atoms with Gasteiger partial charge in [0.2, 0.25) is 0 Å². The van der Waals surface area contributed by atoms with E-state index in [9.17, 15) is 0 Å². The molecule has 1 aliphatic rings. The molecule has 5 heteroatoms. The molecule has 3 heterocycles. The summed E-state index contributed by atoms with van der Waals surface area (Å²) in [4.78, 5) is 11.4. The van der Waals surface area contributed by atoms with Crippen LogP contribution in [0.5, 0.6) is 5.75 Å². The SMILES string of the molecule is Clc1cc(CN2CCCCC2)c(OCc2ccccn2)c2ncccc12. The van der Waals surface area contributed by atoms with Gasteiger partial charge in [-0.1, -0.05) is 24.1 Å². The van der Waals surface area contributed by atoms with Gasteiger partial charge in [0.15, 0.2) is 5.75 Å². The van der Waals surface area contributed by atoms with Crippen LogP contribution >= 0.6 is 11.6 Å². The largest absolute Gasteiger partial charge is 0.485 e. The minimum atomic E-state index is 0.418. The Morgan fingerprint density at radius 2 is 1.85 bits per heavy atom. The van der Waals surface area contributed by atoms with E-state index < -0.39 is 0 Å². The van der Waals surface area contributed by atoms with Gasteiger partial charge in [0, 0.05) is 29.9 Å². The number of pyridine rings is 2. The number of aromatic nitrogens is 2. The third kappa shape index (κ3) is 3.81. The third-order valence-electron chi connectivity index (χ3n) is 4.81. The Balaban J connectivity index is 1.68. The Bertz CT molecular complexity index is 879. The number of nitrogens with zero attached hydrogens (tertiary/aromatic N) is 3. The van der Waals surface area contributed by atoms with Crippen molar-refractivity contribution >= 4 is 22.5 Å². The first-order valence-corrected chi connectivity index (χ1v) is 9.50. The zero-order valence-electron chi connectivity index (χ0n) is 14.7. The average molecular weight is 368 g/mol. The maximum Gasteiger partial charge on any atom is 0.150 e. The van der Waals surface area contributed by atoms with Gasteiger partial charge in [0.1, 0.15) is 12.1 Å². The van der Waals surface area contributed by atoms with E-state index in [0.29, 0.717) is 6.61 Å². The van der Waals surface area contributed by atoms with E-state index in [2.05, 4.69) is 14.9 Å². The predicted molar refractivity (Wildman–Crippen MR) is 104 cm³/mol. The third-order valence-corrected chi connectivity index (χ3v) is 5.12. The van der Waals surface area contributed by atoms with Crippen LogP contribution in [0.2, 0.25) is 5.02 Å². The second-order valence-corrected chi connectivity index (χ2v) is 7.10. The van der Waals surface area contributed by atoms with E-state index in [-0.39, 0.29) is 0 Å². The lowest BCUT2D eigenvalue weighted by molar-refractivity contribution is 0.215. The molecule has 0 bridgehead atoms. The molecule has 0 aliphatic carbocycles. The van der Waals surface area contributed by atoms with Gasteiger partial charge in [0.05, 0.1) is 10.7 Å². The summed E-state index contributed by atoms with van der Waals surface area (Å²) in [5, 5.41) is 1.65. The van der Waals surface area contributed by atoms with Crippen molar-refractivity contribution in [3.05, 3.63) is 65.1 Å². The van der Waals surface area contributed by atoms with E-state index in [1.54, 1.807) is 12.4 Å². The van der Waals surface area contributed by atoms with Crippen molar-refractivity contribution in [3.8, 4) is 5.75 Å². The molecule has 3 aromatic rings. The number of ether oxygens (including phenoxy) is 1. The van der Waals surface area contributed by atoms with Crippen LogP contribution in [0, 0.1) is 0 Å². The fraction of sp³-hybridized carbons (Fsp3) is 0.333. The van der Waals surface area contributed by atoms with Gasteiger partial charge in [-0.2, -0.15) is 0 Å². The van der Waals surface area contributed by atoms with E-state index in [1.165, 1.54) is 19.3 Å². The van der Waals surface area contributed by atoms with Crippen molar-refractivity contribution in [3.63, 3.8) is 0 Å². The Morgan fingerprint density at radius 3 is 2.65 bits per heavy atom. The van der Waals surface area contributed by atoms with Gasteiger partial charge < -0.3 is 4.74 Å². The lowest BCUT2D eigenvalue weighted by Gasteiger charge is -2.27. The Hall–Kier alpha value is -2.17. The fourth-order valence-corrected chi connectivity index (χ4v) is 3.78. The maximum absolute atomic E-state index is 6.54. The second-order valence-electron chi connectivity index (χ2n) is 6.69. The quantitative estimate of drug-likeness (QED) is 0.646. The summed E-state index contributed by atoms with van der Waals surface area (Å²) in [6.07, 6.45) is 7.40. The van der Waals surface area contributed by atoms with Crippen LogP contribution in [-0.4, -0.2) is 28.0 Å². The van der Waals surface area contributed by atoms with Crippen molar-refractivity contribution in [2.24, 2.45) is 0 Å². The summed E-state index contributed by atoms with van der Waals surface area (Å²) >= 11 is 6.54. The van der Waals surface area contributed by atoms with Crippen LogP contribution in [0.15, 0.2) is 48.8 Å². The minimum Gasteiger partial charge on any atom is -0.485 e. The summed E-state index contributed by atoms with van der Waals surface area (Å²) in [6.45, 7) is 3.50. The smallest absolute Gasteiger partial charge is 0.150 e. The predicted octanol–water partition coefficient (Wildman–Crippen LogP) is 4.85. The van der Waals surface area contributed by atoms with Crippen molar-refractivity contribution in [1.29, 1.82) is 0 Å². The zero-order chi connectivity index (χ0) is 17.8. The molecule has 1 fully saturated rings. The molecule has 4 rings (SSSR count). The molecule has 0 saturated carbocycles. The lowest BCUT2D eigenvalue weighted by Crippen LogP contribution is -2.29. The number of likely N-dealkylation sites (tertiary alicyclic amines) is 1. The molecule has 0 atom stereocenters. The molecular formula is C21H22ClN3O. The molecule has 1 saturated heterocycles. The van der Waals surface area contributed by atoms with Crippen molar-refractivity contribution in [2.75, 3.05) is 13.1 Å². The van der Waals surface area contributed by atoms with Gasteiger partial charge in [-0.3, -0.25) is 14.9 Å². The number of hydrogen-bond acceptors (Lipinski definition) is 4. The zero-order valence-corrected chi connectivity index (χ0v) is 15.5. The molecule has 4 nitrogen and oxygen atoms in total. The normalized spacial score (nSPS) is 15.3. The Labute approximate surface area is 158 Å². The molecule has 1 aromatic carbocycles. The number of halogens is 1. The topological polar surface area (TPSA) is 38.2 Å². The van der Waals surface area contributed by atoms with E-state index in [0.717, 1.165) is 52.6 Å². The van der Waals surface area contributed by atoms with Crippen molar-refractivity contribution < 1.29 is 4.74 Å². The van der Waals surface area contributed by atoms with Crippen LogP contribution in [0.1, 0.15) is 30.5 Å². The lowest BCUT2D eigenvalue weighted by atomic mass is 10.1. The van der Waals surface area contributed by atoms with E-state index in [4.69, 9.17) is 16.3 Å². The van der Waals surface area contributed by atoms with Crippen LogP contribution in [0.4, 0.5) is 0 Å². The van der Waals surface area contributed by atoms with Gasteiger partial charge in [-0.15, -0.1) is 0 Å². The summed E-state index contributed by atoms with van der Waals surface area (Å²) < 4.78 is 6.22. The first kappa shape index (κ1) is 17.3. The van der Waals surface area contributed by atoms with Gasteiger partial charge in [-0.05, 0) is 56.3 Å². The number of rotatable bonds is 5. The summed E-state index contributed by atoms with van der Waals surface area (Å²) in [5.74, 6) is 0.821. The molecule has 0 spiro atoms. The highest BCUT2D eigenvalue weighted by Crippen LogP contribution is 2.35. The maximum atomic E-state index is 6.54. The van der Waals surface area contributed by atoms with Crippen molar-refractivity contribution in [2.45, 2.75) is 32.4 Å². The van der Waals surface area contributed by atoms with Crippen LogP contribution < -0.4 is 4.74 Å². The van der Waals surface area contributed by atoms with E-state index >= 15 is 0 Å². The minimum absolute atomic E-state index is 0.418. The summed E-state index contributed by atoms with van der Waals surface area (Å²) in [7, 11) is 0. The molecular weight excluding hydrogens is 346 g/mol. The molecule has 0 radical (unpaired) electrons. The number of fused-ring (bicyclic) bond motifs is 1.